The van der Waals surface area contributed by atoms with E-state index in [1.807, 2.05) is 43.3 Å². The molecular formula is C18H16N2O2. The summed E-state index contributed by atoms with van der Waals surface area (Å²) in [4.78, 5) is 20.9. The summed E-state index contributed by atoms with van der Waals surface area (Å²) in [6.07, 6.45) is 3.33. The Morgan fingerprint density at radius 2 is 2.00 bits per heavy atom. The van der Waals surface area contributed by atoms with Crippen molar-refractivity contribution in [3.8, 4) is 11.1 Å². The number of ether oxygens (including phenoxy) is 1. The van der Waals surface area contributed by atoms with E-state index in [0.29, 0.717) is 12.2 Å². The Bertz CT molecular complexity index is 843. The molecule has 3 rings (SSSR count). The Kier molecular flexibility index (Phi) is 3.83. The molecule has 0 saturated heterocycles. The third-order valence-corrected chi connectivity index (χ3v) is 3.46. The van der Waals surface area contributed by atoms with Crippen molar-refractivity contribution >= 4 is 16.9 Å². The van der Waals surface area contributed by atoms with Gasteiger partial charge in [-0.2, -0.15) is 0 Å². The van der Waals surface area contributed by atoms with Gasteiger partial charge < -0.3 is 4.74 Å². The minimum absolute atomic E-state index is 0.334. The summed E-state index contributed by atoms with van der Waals surface area (Å²) in [6, 6.07) is 11.6. The van der Waals surface area contributed by atoms with Crippen molar-refractivity contribution < 1.29 is 9.53 Å². The molecule has 0 fully saturated rings. The van der Waals surface area contributed by atoms with E-state index in [9.17, 15) is 4.79 Å². The van der Waals surface area contributed by atoms with Gasteiger partial charge in [-0.1, -0.05) is 18.2 Å². The van der Waals surface area contributed by atoms with E-state index in [-0.39, 0.29) is 5.97 Å². The SMILES string of the molecule is CCOC(=O)c1cnc2ccccc2c1-c1ccnc(C)c1. The van der Waals surface area contributed by atoms with Gasteiger partial charge in [0.1, 0.15) is 0 Å². The highest BCUT2D eigenvalue weighted by molar-refractivity contribution is 6.06. The summed E-state index contributed by atoms with van der Waals surface area (Å²) in [5.41, 5.74) is 4.00. The molecule has 2 aromatic heterocycles. The summed E-state index contributed by atoms with van der Waals surface area (Å²) < 4.78 is 5.17. The van der Waals surface area contributed by atoms with E-state index >= 15 is 0 Å². The predicted octanol–water partition coefficient (Wildman–Crippen LogP) is 3.78. The van der Waals surface area contributed by atoms with Gasteiger partial charge in [-0.05, 0) is 37.6 Å². The van der Waals surface area contributed by atoms with E-state index in [0.717, 1.165) is 27.7 Å². The van der Waals surface area contributed by atoms with Crippen molar-refractivity contribution in [2.24, 2.45) is 0 Å². The van der Waals surface area contributed by atoms with Gasteiger partial charge in [0.25, 0.3) is 0 Å². The topological polar surface area (TPSA) is 52.1 Å². The number of carbonyl (C=O) groups is 1. The first kappa shape index (κ1) is 14.2. The van der Waals surface area contributed by atoms with Crippen LogP contribution in [0.5, 0.6) is 0 Å². The molecule has 110 valence electrons. The molecule has 0 spiro atoms. The zero-order valence-electron chi connectivity index (χ0n) is 12.5. The molecule has 0 radical (unpaired) electrons. The van der Waals surface area contributed by atoms with Crippen LogP contribution < -0.4 is 0 Å². The highest BCUT2D eigenvalue weighted by Gasteiger charge is 2.18. The van der Waals surface area contributed by atoms with Crippen molar-refractivity contribution in [2.75, 3.05) is 6.61 Å². The number of hydrogen-bond acceptors (Lipinski definition) is 4. The van der Waals surface area contributed by atoms with Crippen LogP contribution in [0.2, 0.25) is 0 Å². The van der Waals surface area contributed by atoms with Gasteiger partial charge in [0.15, 0.2) is 0 Å². The number of carbonyl (C=O) groups excluding carboxylic acids is 1. The smallest absolute Gasteiger partial charge is 0.340 e. The van der Waals surface area contributed by atoms with Crippen molar-refractivity contribution in [3.63, 3.8) is 0 Å². The van der Waals surface area contributed by atoms with Gasteiger partial charge in [-0.3, -0.25) is 9.97 Å². The van der Waals surface area contributed by atoms with E-state index in [4.69, 9.17) is 4.74 Å². The number of aromatic nitrogens is 2. The lowest BCUT2D eigenvalue weighted by molar-refractivity contribution is 0.0527. The monoisotopic (exact) mass is 292 g/mol. The molecule has 0 aliphatic rings. The van der Waals surface area contributed by atoms with Gasteiger partial charge in [-0.25, -0.2) is 4.79 Å². The van der Waals surface area contributed by atoms with Crippen LogP contribution in [0.15, 0.2) is 48.8 Å². The maximum Gasteiger partial charge on any atom is 0.340 e. The number of pyridine rings is 2. The second kappa shape index (κ2) is 5.93. The number of para-hydroxylation sites is 1. The van der Waals surface area contributed by atoms with Crippen LogP contribution in [0.3, 0.4) is 0 Å². The number of aryl methyl sites for hydroxylation is 1. The highest BCUT2D eigenvalue weighted by atomic mass is 16.5. The molecule has 0 aliphatic heterocycles. The zero-order chi connectivity index (χ0) is 15.5. The number of rotatable bonds is 3. The summed E-state index contributed by atoms with van der Waals surface area (Å²) in [5, 5.41) is 0.929. The Morgan fingerprint density at radius 3 is 2.77 bits per heavy atom. The molecule has 2 heterocycles. The molecule has 1 aromatic carbocycles. The third kappa shape index (κ3) is 2.55. The molecule has 4 nitrogen and oxygen atoms in total. The predicted molar refractivity (Wildman–Crippen MR) is 85.7 cm³/mol. The van der Waals surface area contributed by atoms with E-state index in [1.165, 1.54) is 0 Å². The van der Waals surface area contributed by atoms with Crippen LogP contribution in [0.4, 0.5) is 0 Å². The number of benzene rings is 1. The standard InChI is InChI=1S/C18H16N2O2/c1-3-22-18(21)15-11-20-16-7-5-4-6-14(16)17(15)13-8-9-19-12(2)10-13/h4-11H,3H2,1-2H3. The maximum atomic E-state index is 12.3. The van der Waals surface area contributed by atoms with E-state index < -0.39 is 0 Å². The molecule has 0 saturated carbocycles. The van der Waals surface area contributed by atoms with E-state index in [1.54, 1.807) is 19.3 Å². The Morgan fingerprint density at radius 1 is 1.18 bits per heavy atom. The first-order valence-electron chi connectivity index (χ1n) is 7.18. The maximum absolute atomic E-state index is 12.3. The van der Waals surface area contributed by atoms with Crippen molar-refractivity contribution in [2.45, 2.75) is 13.8 Å². The normalized spacial score (nSPS) is 10.6. The lowest BCUT2D eigenvalue weighted by Gasteiger charge is -2.12. The summed E-state index contributed by atoms with van der Waals surface area (Å²) in [6.45, 7) is 4.06. The van der Waals surface area contributed by atoms with Crippen LogP contribution >= 0.6 is 0 Å². The minimum atomic E-state index is -0.356. The van der Waals surface area contributed by atoms with Gasteiger partial charge in [0.05, 0.1) is 17.7 Å². The second-order valence-electron chi connectivity index (χ2n) is 4.97. The van der Waals surface area contributed by atoms with Gasteiger partial charge in [0.2, 0.25) is 0 Å². The Hall–Kier alpha value is -2.75. The van der Waals surface area contributed by atoms with Crippen molar-refractivity contribution in [3.05, 3.63) is 60.0 Å². The highest BCUT2D eigenvalue weighted by Crippen LogP contribution is 2.31. The largest absolute Gasteiger partial charge is 0.462 e. The molecule has 4 heteroatoms. The average Bonchev–Trinajstić information content (AvgIpc) is 2.54. The Balaban J connectivity index is 2.32. The molecule has 0 amide bonds. The molecule has 0 N–H and O–H groups in total. The number of hydrogen-bond donors (Lipinski definition) is 0. The third-order valence-electron chi connectivity index (χ3n) is 3.46. The number of esters is 1. The number of fused-ring (bicyclic) bond motifs is 1. The quantitative estimate of drug-likeness (QED) is 0.689. The minimum Gasteiger partial charge on any atom is -0.462 e. The molecule has 0 bridgehead atoms. The van der Waals surface area contributed by atoms with Crippen molar-refractivity contribution in [1.82, 2.24) is 9.97 Å². The molecule has 0 aliphatic carbocycles. The van der Waals surface area contributed by atoms with Crippen LogP contribution in [0, 0.1) is 6.92 Å². The fraction of sp³-hybridized carbons (Fsp3) is 0.167. The fourth-order valence-corrected chi connectivity index (χ4v) is 2.52. The Labute approximate surface area is 128 Å². The van der Waals surface area contributed by atoms with Crippen LogP contribution in [0.1, 0.15) is 23.0 Å². The molecule has 0 atom stereocenters. The van der Waals surface area contributed by atoms with Crippen LogP contribution in [-0.4, -0.2) is 22.5 Å². The first-order valence-corrected chi connectivity index (χ1v) is 7.18. The number of nitrogens with zero attached hydrogens (tertiary/aromatic N) is 2. The van der Waals surface area contributed by atoms with Gasteiger partial charge in [0, 0.05) is 29.0 Å². The second-order valence-corrected chi connectivity index (χ2v) is 4.97. The van der Waals surface area contributed by atoms with Gasteiger partial charge >= 0.3 is 5.97 Å². The average molecular weight is 292 g/mol. The molecular weight excluding hydrogens is 276 g/mol. The van der Waals surface area contributed by atoms with Crippen LogP contribution in [-0.2, 0) is 4.74 Å². The molecule has 3 aromatic rings. The lowest BCUT2D eigenvalue weighted by Crippen LogP contribution is -2.07. The summed E-state index contributed by atoms with van der Waals surface area (Å²) in [5.74, 6) is -0.356. The van der Waals surface area contributed by atoms with E-state index in [2.05, 4.69) is 9.97 Å². The van der Waals surface area contributed by atoms with Gasteiger partial charge in [-0.15, -0.1) is 0 Å². The zero-order valence-corrected chi connectivity index (χ0v) is 12.5. The molecule has 0 unspecified atom stereocenters. The van der Waals surface area contributed by atoms with Crippen molar-refractivity contribution in [1.29, 1.82) is 0 Å². The van der Waals surface area contributed by atoms with Crippen LogP contribution in [0.25, 0.3) is 22.0 Å². The fourth-order valence-electron chi connectivity index (χ4n) is 2.52. The summed E-state index contributed by atoms with van der Waals surface area (Å²) >= 11 is 0. The first-order chi connectivity index (χ1) is 10.7. The summed E-state index contributed by atoms with van der Waals surface area (Å²) in [7, 11) is 0. The lowest BCUT2D eigenvalue weighted by atomic mass is 9.96. The molecule has 22 heavy (non-hydrogen) atoms.